The van der Waals surface area contributed by atoms with Gasteiger partial charge in [0.1, 0.15) is 0 Å². The van der Waals surface area contributed by atoms with Crippen LogP contribution in [-0.2, 0) is 18.8 Å². The lowest BCUT2D eigenvalue weighted by molar-refractivity contribution is -0.138. The van der Waals surface area contributed by atoms with Gasteiger partial charge in [0.25, 0.3) is 11.8 Å². The molecule has 13 heteroatoms. The van der Waals surface area contributed by atoms with E-state index in [1.165, 1.54) is 30.3 Å². The molecule has 0 saturated heterocycles. The molecule has 0 aliphatic heterocycles. The van der Waals surface area contributed by atoms with Crippen LogP contribution in [0.2, 0.25) is 10.0 Å². The fraction of sp³-hybridized carbons (Fsp3) is 0.259. The van der Waals surface area contributed by atoms with E-state index >= 15 is 0 Å². The van der Waals surface area contributed by atoms with Crippen molar-refractivity contribution in [3.05, 3.63) is 92.5 Å². The number of benzene rings is 3. The Hall–Kier alpha value is -3.28. The van der Waals surface area contributed by atoms with Gasteiger partial charge < -0.3 is 15.5 Å². The first kappa shape index (κ1) is 31.3. The number of hydrogen-bond donors (Lipinski definition) is 2. The highest BCUT2D eigenvalue weighted by atomic mass is 35.5. The van der Waals surface area contributed by atoms with E-state index in [1.807, 2.05) is 19.0 Å². The van der Waals surface area contributed by atoms with Crippen molar-refractivity contribution in [1.29, 1.82) is 0 Å². The molecule has 3 aromatic rings. The summed E-state index contributed by atoms with van der Waals surface area (Å²) in [7, 11) is 3.69. The zero-order valence-electron chi connectivity index (χ0n) is 21.1. The summed E-state index contributed by atoms with van der Waals surface area (Å²) >= 11 is 11.3. The molecule has 0 aromatic heterocycles. The predicted octanol–water partition coefficient (Wildman–Crippen LogP) is 8.03. The fourth-order valence-corrected chi connectivity index (χ4v) is 4.24. The molecule has 2 amide bonds. The molecule has 0 unspecified atom stereocenters. The summed E-state index contributed by atoms with van der Waals surface area (Å²) in [6, 6.07) is 9.95. The van der Waals surface area contributed by atoms with Crippen molar-refractivity contribution in [3.8, 4) is 0 Å². The summed E-state index contributed by atoms with van der Waals surface area (Å²) in [5.74, 6) is -1.45. The number of alkyl halides is 6. The monoisotopic (exact) mass is 605 g/mol. The number of nitrogens with zero attached hydrogens (tertiary/aromatic N) is 1. The molecule has 0 bridgehead atoms. The van der Waals surface area contributed by atoms with E-state index in [-0.39, 0.29) is 22.5 Å². The summed E-state index contributed by atoms with van der Waals surface area (Å²) in [5, 5.41) is 3.77. The van der Waals surface area contributed by atoms with Gasteiger partial charge in [0.2, 0.25) is 0 Å². The third-order valence-electron chi connectivity index (χ3n) is 5.72. The Morgan fingerprint density at radius 1 is 0.750 bits per heavy atom. The van der Waals surface area contributed by atoms with Crippen LogP contribution in [0.3, 0.4) is 0 Å². The van der Waals surface area contributed by atoms with Crippen LogP contribution in [0.25, 0.3) is 0 Å². The molecule has 0 radical (unpaired) electrons. The lowest BCUT2D eigenvalue weighted by Crippen LogP contribution is -2.19. The minimum absolute atomic E-state index is 0.0609. The topological polar surface area (TPSA) is 61.4 Å². The van der Waals surface area contributed by atoms with Crippen LogP contribution in [0, 0.1) is 0 Å². The minimum atomic E-state index is -4.73. The second-order valence-electron chi connectivity index (χ2n) is 9.07. The van der Waals surface area contributed by atoms with Crippen LogP contribution >= 0.6 is 23.2 Å². The summed E-state index contributed by atoms with van der Waals surface area (Å²) in [5.41, 5.74) is -1.90. The van der Waals surface area contributed by atoms with Crippen molar-refractivity contribution in [2.75, 3.05) is 31.3 Å². The third kappa shape index (κ3) is 8.12. The number of halogens is 8. The summed E-state index contributed by atoms with van der Waals surface area (Å²) in [4.78, 5) is 27.8. The second-order valence-corrected chi connectivity index (χ2v) is 9.89. The first-order valence-electron chi connectivity index (χ1n) is 11.7. The molecule has 40 heavy (non-hydrogen) atoms. The van der Waals surface area contributed by atoms with E-state index in [9.17, 15) is 35.9 Å². The normalized spacial score (nSPS) is 12.0. The van der Waals surface area contributed by atoms with Crippen LogP contribution in [0.15, 0.2) is 54.6 Å². The Bertz CT molecular complexity index is 1410. The molecule has 214 valence electrons. The van der Waals surface area contributed by atoms with Crippen LogP contribution in [-0.4, -0.2) is 37.4 Å². The van der Waals surface area contributed by atoms with Crippen molar-refractivity contribution in [3.63, 3.8) is 0 Å². The van der Waals surface area contributed by atoms with E-state index in [0.29, 0.717) is 31.0 Å². The first-order chi connectivity index (χ1) is 18.6. The number of carbonyl (C=O) groups excluding carboxylic acids is 2. The maximum Gasteiger partial charge on any atom is 0.417 e. The molecule has 0 aliphatic carbocycles. The second kappa shape index (κ2) is 12.5. The molecular formula is C27H23Cl2F6N3O2. The largest absolute Gasteiger partial charge is 0.417 e. The van der Waals surface area contributed by atoms with E-state index in [0.717, 1.165) is 18.2 Å². The van der Waals surface area contributed by atoms with Crippen molar-refractivity contribution in [1.82, 2.24) is 4.90 Å². The average Bonchev–Trinajstić information content (AvgIpc) is 2.84. The first-order valence-corrected chi connectivity index (χ1v) is 12.5. The Balaban J connectivity index is 1.89. The van der Waals surface area contributed by atoms with E-state index in [1.54, 1.807) is 0 Å². The maximum atomic E-state index is 13.2. The highest BCUT2D eigenvalue weighted by Gasteiger charge is 2.34. The van der Waals surface area contributed by atoms with Gasteiger partial charge in [-0.25, -0.2) is 0 Å². The highest BCUT2D eigenvalue weighted by molar-refractivity contribution is 6.32. The van der Waals surface area contributed by atoms with E-state index in [2.05, 4.69) is 10.6 Å². The maximum absolute atomic E-state index is 13.2. The number of rotatable bonds is 8. The van der Waals surface area contributed by atoms with Crippen LogP contribution in [0.5, 0.6) is 0 Å². The molecule has 3 aromatic carbocycles. The number of hydrogen-bond acceptors (Lipinski definition) is 3. The van der Waals surface area contributed by atoms with Gasteiger partial charge in [-0.3, -0.25) is 9.59 Å². The van der Waals surface area contributed by atoms with Gasteiger partial charge >= 0.3 is 12.4 Å². The highest BCUT2D eigenvalue weighted by Crippen LogP contribution is 2.37. The molecule has 0 heterocycles. The minimum Gasteiger partial charge on any atom is -0.322 e. The molecule has 0 atom stereocenters. The molecule has 0 fully saturated rings. The van der Waals surface area contributed by atoms with Gasteiger partial charge in [-0.05, 0) is 93.6 Å². The number of nitrogens with one attached hydrogen (secondary N) is 2. The van der Waals surface area contributed by atoms with Gasteiger partial charge in [0.15, 0.2) is 0 Å². The average molecular weight is 606 g/mol. The Kier molecular flexibility index (Phi) is 9.76. The van der Waals surface area contributed by atoms with Crippen molar-refractivity contribution in [2.24, 2.45) is 0 Å². The van der Waals surface area contributed by atoms with Crippen molar-refractivity contribution < 1.29 is 35.9 Å². The summed E-state index contributed by atoms with van der Waals surface area (Å²) in [6.45, 7) is 0.634. The summed E-state index contributed by atoms with van der Waals surface area (Å²) in [6.07, 6.45) is -8.55. The molecular weight excluding hydrogens is 583 g/mol. The van der Waals surface area contributed by atoms with E-state index in [4.69, 9.17) is 23.2 Å². The Labute approximate surface area is 236 Å². The molecule has 2 N–H and O–H groups in total. The zero-order chi connectivity index (χ0) is 29.8. The van der Waals surface area contributed by atoms with Gasteiger partial charge in [0, 0.05) is 22.5 Å². The van der Waals surface area contributed by atoms with Crippen LogP contribution in [0.4, 0.5) is 37.7 Å². The number of carbonyl (C=O) groups is 2. The molecule has 0 saturated carbocycles. The van der Waals surface area contributed by atoms with Gasteiger partial charge in [0.05, 0.1) is 21.2 Å². The summed E-state index contributed by atoms with van der Waals surface area (Å²) < 4.78 is 79.3. The van der Waals surface area contributed by atoms with Crippen molar-refractivity contribution in [2.45, 2.75) is 25.2 Å². The van der Waals surface area contributed by atoms with Gasteiger partial charge in [-0.1, -0.05) is 23.2 Å². The number of amides is 2. The molecule has 3 rings (SSSR count). The van der Waals surface area contributed by atoms with Crippen LogP contribution in [0.1, 0.15) is 43.8 Å². The smallest absolute Gasteiger partial charge is 0.322 e. The number of aryl methyl sites for hydroxylation is 1. The fourth-order valence-electron chi connectivity index (χ4n) is 3.79. The van der Waals surface area contributed by atoms with Gasteiger partial charge in [-0.2, -0.15) is 26.3 Å². The third-order valence-corrected chi connectivity index (χ3v) is 6.38. The standard InChI is InChI=1S/C27H23Cl2F6N3O2/c1-38(2)11-3-4-15-12-16(24(39)36-17-6-9-22(28)20(13-17)26(30,31)32)5-8-19(15)25(40)37-18-7-10-23(29)21(14-18)27(33,34)35/h5-10,12-14H,3-4,11H2,1-2H3,(H,36,39)(H,37,40). The number of anilines is 2. The molecule has 5 nitrogen and oxygen atoms in total. The van der Waals surface area contributed by atoms with Gasteiger partial charge in [-0.15, -0.1) is 0 Å². The van der Waals surface area contributed by atoms with E-state index < -0.39 is 45.3 Å². The SMILES string of the molecule is CN(C)CCCc1cc(C(=O)Nc2ccc(Cl)c(C(F)(F)F)c2)ccc1C(=O)Nc1ccc(Cl)c(C(F)(F)F)c1. The van der Waals surface area contributed by atoms with Crippen molar-refractivity contribution >= 4 is 46.4 Å². The lowest BCUT2D eigenvalue weighted by atomic mass is 9.98. The quantitative estimate of drug-likeness (QED) is 0.255. The van der Waals surface area contributed by atoms with Crippen LogP contribution < -0.4 is 10.6 Å². The Morgan fingerprint density at radius 3 is 1.73 bits per heavy atom. The molecule has 0 aliphatic rings. The zero-order valence-corrected chi connectivity index (χ0v) is 22.6. The predicted molar refractivity (Wildman–Crippen MR) is 142 cm³/mol. The lowest BCUT2D eigenvalue weighted by Gasteiger charge is -2.16. The molecule has 0 spiro atoms. The Morgan fingerprint density at radius 2 is 1.25 bits per heavy atom.